The van der Waals surface area contributed by atoms with Crippen LogP contribution in [0.4, 0.5) is 26.3 Å². The number of carbonyl (C=O) groups is 1. The molecule has 1 amide bonds. The number of rotatable bonds is 8. The maximum Gasteiger partial charge on any atom is 0.416 e. The second-order valence-electron chi connectivity index (χ2n) is 8.73. The van der Waals surface area contributed by atoms with Crippen molar-refractivity contribution < 1.29 is 40.8 Å². The van der Waals surface area contributed by atoms with E-state index in [1.54, 1.807) is 0 Å². The molecule has 0 saturated heterocycles. The van der Waals surface area contributed by atoms with Crippen LogP contribution < -0.4 is 11.0 Å². The number of benzene rings is 2. The third-order valence-corrected chi connectivity index (χ3v) is 5.96. The molecule has 0 aliphatic carbocycles. The van der Waals surface area contributed by atoms with E-state index in [0.29, 0.717) is 9.25 Å². The highest BCUT2D eigenvalue weighted by atomic mass is 35.5. The van der Waals surface area contributed by atoms with Gasteiger partial charge in [0.25, 0.3) is 0 Å². The monoisotopic (exact) mass is 604 g/mol. The average molecular weight is 605 g/mol. The lowest BCUT2D eigenvalue weighted by molar-refractivity contribution is -0.207. The number of halogens is 7. The fraction of sp³-hybridized carbons (Fsp3) is 0.292. The van der Waals surface area contributed by atoms with E-state index >= 15 is 0 Å². The number of hydrogen-bond donors (Lipinski definition) is 2. The van der Waals surface area contributed by atoms with Gasteiger partial charge in [0.15, 0.2) is 17.8 Å². The number of carbonyl (C=O) groups excluding carboxylic acids is 1. The summed E-state index contributed by atoms with van der Waals surface area (Å²) in [4.78, 5) is 30.0. The van der Waals surface area contributed by atoms with Gasteiger partial charge in [-0.3, -0.25) is 9.36 Å². The molecule has 218 valence electrons. The minimum atomic E-state index is -5.06. The van der Waals surface area contributed by atoms with Crippen LogP contribution in [-0.4, -0.2) is 47.8 Å². The molecular weight excluding hydrogens is 586 g/mol. The van der Waals surface area contributed by atoms with Gasteiger partial charge in [-0.1, -0.05) is 28.9 Å². The molecule has 17 heteroatoms. The Morgan fingerprint density at radius 2 is 1.80 bits per heavy atom. The van der Waals surface area contributed by atoms with Gasteiger partial charge in [-0.15, -0.1) is 5.10 Å². The predicted octanol–water partition coefficient (Wildman–Crippen LogP) is 3.90. The normalized spacial score (nSPS) is 13.7. The third kappa shape index (κ3) is 6.94. The maximum absolute atomic E-state index is 13.3. The molecule has 10 nitrogen and oxygen atoms in total. The van der Waals surface area contributed by atoms with Crippen LogP contribution in [0.25, 0.3) is 11.4 Å². The van der Waals surface area contributed by atoms with Crippen molar-refractivity contribution in [1.29, 1.82) is 0 Å². The molecule has 0 aliphatic rings. The molecule has 4 aromatic rings. The van der Waals surface area contributed by atoms with Gasteiger partial charge in [0, 0.05) is 17.5 Å². The first kappa shape index (κ1) is 29.8. The number of aryl methyl sites for hydroxylation is 1. The smallest absolute Gasteiger partial charge is 0.382 e. The number of aliphatic hydroxyl groups excluding tert-OH is 1. The van der Waals surface area contributed by atoms with Gasteiger partial charge in [0.05, 0.1) is 12.1 Å². The SMILES string of the molecule is Cc1nc(C(NC(=O)Cn2nc(-c3ccc(Cl)cc3)n(C[C@H](O)C(F)(F)F)c2=O)c2cccc(C(F)(F)F)c2)no1. The van der Waals surface area contributed by atoms with Gasteiger partial charge in [0.1, 0.15) is 12.6 Å². The number of nitrogens with one attached hydrogen (secondary N) is 1. The largest absolute Gasteiger partial charge is 0.416 e. The van der Waals surface area contributed by atoms with Crippen LogP contribution in [0.1, 0.15) is 28.9 Å². The van der Waals surface area contributed by atoms with Crippen molar-refractivity contribution in [3.63, 3.8) is 0 Å². The summed E-state index contributed by atoms with van der Waals surface area (Å²) in [5.74, 6) is -1.41. The average Bonchev–Trinajstić information content (AvgIpc) is 3.45. The van der Waals surface area contributed by atoms with E-state index in [-0.39, 0.29) is 33.7 Å². The fourth-order valence-corrected chi connectivity index (χ4v) is 3.89. The van der Waals surface area contributed by atoms with Crippen LogP contribution in [0.5, 0.6) is 0 Å². The molecule has 4 rings (SSSR count). The lowest BCUT2D eigenvalue weighted by atomic mass is 10.0. The van der Waals surface area contributed by atoms with E-state index in [1.807, 2.05) is 0 Å². The zero-order chi connectivity index (χ0) is 30.1. The predicted molar refractivity (Wildman–Crippen MR) is 129 cm³/mol. The summed E-state index contributed by atoms with van der Waals surface area (Å²) in [6.45, 7) is -0.668. The van der Waals surface area contributed by atoms with Gasteiger partial charge >= 0.3 is 18.0 Å². The van der Waals surface area contributed by atoms with Crippen LogP contribution in [0.2, 0.25) is 5.02 Å². The second-order valence-corrected chi connectivity index (χ2v) is 9.17. The number of hydrogen-bond acceptors (Lipinski definition) is 7. The van der Waals surface area contributed by atoms with Crippen molar-refractivity contribution in [1.82, 2.24) is 29.8 Å². The molecule has 1 unspecified atom stereocenters. The van der Waals surface area contributed by atoms with Crippen LogP contribution in [0, 0.1) is 6.92 Å². The van der Waals surface area contributed by atoms with Gasteiger partial charge in [0.2, 0.25) is 11.8 Å². The fourth-order valence-electron chi connectivity index (χ4n) is 3.76. The van der Waals surface area contributed by atoms with Gasteiger partial charge < -0.3 is 14.9 Å². The lowest BCUT2D eigenvalue weighted by Gasteiger charge is -2.17. The molecule has 2 heterocycles. The number of nitrogens with zero attached hydrogens (tertiary/aromatic N) is 5. The molecule has 0 saturated carbocycles. The summed E-state index contributed by atoms with van der Waals surface area (Å²) in [7, 11) is 0. The summed E-state index contributed by atoms with van der Waals surface area (Å²) >= 11 is 5.86. The Morgan fingerprint density at radius 3 is 2.39 bits per heavy atom. The minimum absolute atomic E-state index is 0.0528. The standard InChI is InChI=1S/C24H19ClF6N6O4/c1-12-32-20(35-41-12)19(14-3-2-4-15(9-14)23(26,27)28)33-18(39)11-37-22(40)36(10-17(38)24(29,30)31)21(34-37)13-5-7-16(25)8-6-13/h2-9,17,19,38H,10-11H2,1H3,(H,33,39)/t17-,19?/m0/s1. The van der Waals surface area contributed by atoms with E-state index in [2.05, 4.69) is 20.6 Å². The van der Waals surface area contributed by atoms with Crippen molar-refractivity contribution in [2.75, 3.05) is 0 Å². The summed E-state index contributed by atoms with van der Waals surface area (Å²) in [5, 5.41) is 19.9. The number of aliphatic hydroxyl groups is 1. The van der Waals surface area contributed by atoms with Crippen molar-refractivity contribution in [3.05, 3.63) is 86.9 Å². The number of aromatic nitrogens is 5. The van der Waals surface area contributed by atoms with E-state index in [1.165, 1.54) is 37.3 Å². The summed E-state index contributed by atoms with van der Waals surface area (Å²) < 4.78 is 85.2. The Morgan fingerprint density at radius 1 is 1.12 bits per heavy atom. The van der Waals surface area contributed by atoms with Crippen molar-refractivity contribution in [2.24, 2.45) is 0 Å². The van der Waals surface area contributed by atoms with Gasteiger partial charge in [-0.25, -0.2) is 9.48 Å². The van der Waals surface area contributed by atoms with Crippen molar-refractivity contribution in [2.45, 2.75) is 44.5 Å². The summed E-state index contributed by atoms with van der Waals surface area (Å²) in [6.07, 6.45) is -12.7. The molecule has 0 spiro atoms. The minimum Gasteiger partial charge on any atom is -0.382 e. The van der Waals surface area contributed by atoms with Crippen molar-refractivity contribution in [3.8, 4) is 11.4 Å². The van der Waals surface area contributed by atoms with Crippen molar-refractivity contribution >= 4 is 17.5 Å². The second kappa shape index (κ2) is 11.4. The van der Waals surface area contributed by atoms with E-state index in [0.717, 1.165) is 18.2 Å². The lowest BCUT2D eigenvalue weighted by Crippen LogP contribution is -2.39. The van der Waals surface area contributed by atoms with Crippen LogP contribution in [0.15, 0.2) is 57.8 Å². The first-order valence-electron chi connectivity index (χ1n) is 11.6. The van der Waals surface area contributed by atoms with Crippen LogP contribution >= 0.6 is 11.6 Å². The molecule has 2 N–H and O–H groups in total. The Bertz CT molecular complexity index is 1600. The maximum atomic E-state index is 13.3. The molecule has 2 aromatic heterocycles. The quantitative estimate of drug-likeness (QED) is 0.292. The molecule has 41 heavy (non-hydrogen) atoms. The highest BCUT2D eigenvalue weighted by molar-refractivity contribution is 6.30. The molecule has 2 aromatic carbocycles. The summed E-state index contributed by atoms with van der Waals surface area (Å²) in [6, 6.07) is 8.15. The van der Waals surface area contributed by atoms with Gasteiger partial charge in [-0.2, -0.15) is 31.3 Å². The van der Waals surface area contributed by atoms with Gasteiger partial charge in [-0.05, 0) is 42.0 Å². The molecule has 0 aliphatic heterocycles. The molecule has 2 atom stereocenters. The Labute approximate surface area is 231 Å². The summed E-state index contributed by atoms with van der Waals surface area (Å²) in [5.41, 5.74) is -2.09. The molecular formula is C24H19ClF6N6O4. The number of amides is 1. The molecule has 0 fully saturated rings. The zero-order valence-electron chi connectivity index (χ0n) is 20.7. The first-order chi connectivity index (χ1) is 19.1. The molecule has 0 bridgehead atoms. The highest BCUT2D eigenvalue weighted by Crippen LogP contribution is 2.32. The molecule has 0 radical (unpaired) electrons. The Balaban J connectivity index is 1.68. The highest BCUT2D eigenvalue weighted by Gasteiger charge is 2.39. The van der Waals surface area contributed by atoms with E-state index < -0.39 is 54.7 Å². The zero-order valence-corrected chi connectivity index (χ0v) is 21.5. The Hall–Kier alpha value is -4.18. The van der Waals surface area contributed by atoms with Crippen LogP contribution in [0.3, 0.4) is 0 Å². The first-order valence-corrected chi connectivity index (χ1v) is 12.0. The van der Waals surface area contributed by atoms with E-state index in [4.69, 9.17) is 16.1 Å². The third-order valence-electron chi connectivity index (χ3n) is 5.71. The topological polar surface area (TPSA) is 128 Å². The van der Waals surface area contributed by atoms with E-state index in [9.17, 15) is 41.0 Å². The Kier molecular flexibility index (Phi) is 8.26. The number of alkyl halides is 6. The van der Waals surface area contributed by atoms with Crippen LogP contribution in [-0.2, 0) is 24.1 Å².